The summed E-state index contributed by atoms with van der Waals surface area (Å²) < 4.78 is 25.4. The van der Waals surface area contributed by atoms with Gasteiger partial charge in [-0.2, -0.15) is 5.10 Å². The topological polar surface area (TPSA) is 97.2 Å². The Kier molecular flexibility index (Phi) is 6.15. The second-order valence-corrected chi connectivity index (χ2v) is 9.97. The van der Waals surface area contributed by atoms with Gasteiger partial charge in [0.1, 0.15) is 18.7 Å². The van der Waals surface area contributed by atoms with Crippen LogP contribution in [0, 0.1) is 0 Å². The van der Waals surface area contributed by atoms with Crippen molar-refractivity contribution in [2.24, 2.45) is 0 Å². The molecule has 1 amide bonds. The van der Waals surface area contributed by atoms with Crippen molar-refractivity contribution < 1.29 is 13.2 Å². The van der Waals surface area contributed by atoms with E-state index >= 15 is 0 Å². The first kappa shape index (κ1) is 21.2. The lowest BCUT2D eigenvalue weighted by atomic mass is 10.0. The number of rotatable bonds is 6. The zero-order valence-electron chi connectivity index (χ0n) is 17.3. The summed E-state index contributed by atoms with van der Waals surface area (Å²) in [7, 11) is -3.03. The number of sulfone groups is 1. The van der Waals surface area contributed by atoms with Crippen molar-refractivity contribution in [1.82, 2.24) is 25.0 Å². The molecule has 8 nitrogen and oxygen atoms in total. The molecule has 2 unspecified atom stereocenters. The highest BCUT2D eigenvalue weighted by molar-refractivity contribution is 7.91. The summed E-state index contributed by atoms with van der Waals surface area (Å²) in [5, 5.41) is 7.22. The summed E-state index contributed by atoms with van der Waals surface area (Å²) in [6.45, 7) is 2.62. The smallest absolute Gasteiger partial charge is 0.242 e. The average molecular weight is 440 g/mol. The Morgan fingerprint density at radius 1 is 1.00 bits per heavy atom. The van der Waals surface area contributed by atoms with E-state index in [4.69, 9.17) is 0 Å². The van der Waals surface area contributed by atoms with Crippen molar-refractivity contribution in [3.8, 4) is 5.69 Å². The predicted octanol–water partition coefficient (Wildman–Crippen LogP) is 1.92. The van der Waals surface area contributed by atoms with Gasteiger partial charge in [-0.3, -0.25) is 9.69 Å². The van der Waals surface area contributed by atoms with E-state index in [1.165, 1.54) is 6.33 Å². The number of amides is 1. The fourth-order valence-electron chi connectivity index (χ4n) is 3.78. The van der Waals surface area contributed by atoms with Crippen LogP contribution in [0.4, 0.5) is 0 Å². The second-order valence-electron chi connectivity index (χ2n) is 7.66. The monoisotopic (exact) mass is 439 g/mol. The molecule has 2 aromatic carbocycles. The van der Waals surface area contributed by atoms with Crippen LogP contribution in [0.15, 0.2) is 67.3 Å². The quantitative estimate of drug-likeness (QED) is 0.630. The van der Waals surface area contributed by atoms with E-state index in [0.29, 0.717) is 13.1 Å². The van der Waals surface area contributed by atoms with Gasteiger partial charge in [0.2, 0.25) is 5.91 Å². The minimum absolute atomic E-state index is 0.0723. The Morgan fingerprint density at radius 2 is 1.68 bits per heavy atom. The van der Waals surface area contributed by atoms with Gasteiger partial charge in [0.25, 0.3) is 0 Å². The van der Waals surface area contributed by atoms with E-state index in [1.54, 1.807) is 11.0 Å². The van der Waals surface area contributed by atoms with Crippen LogP contribution in [0.2, 0.25) is 0 Å². The van der Waals surface area contributed by atoms with Gasteiger partial charge in [0.05, 0.1) is 23.2 Å². The normalized spacial score (nSPS) is 18.2. The van der Waals surface area contributed by atoms with E-state index in [1.807, 2.05) is 66.4 Å². The van der Waals surface area contributed by atoms with Crippen molar-refractivity contribution >= 4 is 15.7 Å². The van der Waals surface area contributed by atoms with Gasteiger partial charge in [-0.05, 0) is 30.2 Å². The molecule has 0 saturated carbocycles. The molecule has 3 aromatic rings. The molecule has 2 heterocycles. The summed E-state index contributed by atoms with van der Waals surface area (Å²) in [5.41, 5.74) is 2.70. The van der Waals surface area contributed by atoms with E-state index < -0.39 is 15.9 Å². The second kappa shape index (κ2) is 8.99. The summed E-state index contributed by atoms with van der Waals surface area (Å²) in [6.07, 6.45) is 3.11. The number of hydrogen-bond donors (Lipinski definition) is 1. The van der Waals surface area contributed by atoms with Crippen molar-refractivity contribution in [1.29, 1.82) is 0 Å². The molecule has 4 rings (SSSR count). The maximum absolute atomic E-state index is 13.3. The Balaban J connectivity index is 1.50. The lowest BCUT2D eigenvalue weighted by Crippen LogP contribution is -2.47. The van der Waals surface area contributed by atoms with E-state index in [2.05, 4.69) is 15.4 Å². The first-order valence-electron chi connectivity index (χ1n) is 10.2. The number of nitrogens with one attached hydrogen (secondary N) is 1. The van der Waals surface area contributed by atoms with Crippen LogP contribution in [0.3, 0.4) is 0 Å². The highest BCUT2D eigenvalue weighted by Gasteiger charge is 2.33. The maximum atomic E-state index is 13.3. The zero-order chi connectivity index (χ0) is 21.8. The number of aromatic nitrogens is 3. The molecule has 31 heavy (non-hydrogen) atoms. The Morgan fingerprint density at radius 3 is 2.29 bits per heavy atom. The van der Waals surface area contributed by atoms with Crippen molar-refractivity contribution in [2.75, 3.05) is 24.6 Å². The Bertz CT molecular complexity index is 1100. The summed E-state index contributed by atoms with van der Waals surface area (Å²) in [6, 6.07) is 16.5. The molecule has 0 spiro atoms. The van der Waals surface area contributed by atoms with Gasteiger partial charge in [-0.1, -0.05) is 42.5 Å². The molecule has 1 aliphatic heterocycles. The molecule has 1 fully saturated rings. The average Bonchev–Trinajstić information content (AvgIpc) is 3.31. The molecule has 0 radical (unpaired) electrons. The van der Waals surface area contributed by atoms with Crippen molar-refractivity contribution in [2.45, 2.75) is 19.0 Å². The Hall–Kier alpha value is -3.04. The third kappa shape index (κ3) is 5.00. The van der Waals surface area contributed by atoms with Crippen LogP contribution in [0.1, 0.15) is 30.1 Å². The van der Waals surface area contributed by atoms with E-state index in [9.17, 15) is 13.2 Å². The molecule has 1 N–H and O–H groups in total. The number of benzene rings is 2. The minimum Gasteiger partial charge on any atom is -0.348 e. The molecule has 1 aliphatic rings. The first-order valence-corrected chi connectivity index (χ1v) is 12.0. The Labute approximate surface area is 181 Å². The number of carbonyl (C=O) groups is 1. The molecule has 9 heteroatoms. The van der Waals surface area contributed by atoms with Gasteiger partial charge in [0.15, 0.2) is 9.84 Å². The molecule has 0 bridgehead atoms. The molecule has 2 atom stereocenters. The highest BCUT2D eigenvalue weighted by atomic mass is 32.2. The van der Waals surface area contributed by atoms with Gasteiger partial charge >= 0.3 is 0 Å². The SMILES string of the molecule is CC(NC(=O)C(c1ccccc1)N1CCS(=O)(=O)CC1)c1ccc(-n2cncn2)cc1. The van der Waals surface area contributed by atoms with Crippen molar-refractivity contribution in [3.05, 3.63) is 78.4 Å². The van der Waals surface area contributed by atoms with Gasteiger partial charge in [-0.25, -0.2) is 18.1 Å². The lowest BCUT2D eigenvalue weighted by Gasteiger charge is -2.34. The lowest BCUT2D eigenvalue weighted by molar-refractivity contribution is -0.127. The van der Waals surface area contributed by atoms with Gasteiger partial charge < -0.3 is 5.32 Å². The van der Waals surface area contributed by atoms with Crippen LogP contribution in [-0.2, 0) is 14.6 Å². The standard InChI is InChI=1S/C22H25N5O3S/c1-17(18-7-9-20(10-8-18)27-16-23-15-24-27)25-22(28)21(19-5-3-2-4-6-19)26-11-13-31(29,30)14-12-26/h2-10,15-17,21H,11-14H2,1H3,(H,25,28). The molecular formula is C22H25N5O3S. The van der Waals surface area contributed by atoms with Crippen LogP contribution >= 0.6 is 0 Å². The van der Waals surface area contributed by atoms with Crippen LogP contribution in [0.5, 0.6) is 0 Å². The largest absolute Gasteiger partial charge is 0.348 e. The summed E-state index contributed by atoms with van der Waals surface area (Å²) >= 11 is 0. The summed E-state index contributed by atoms with van der Waals surface area (Å²) in [4.78, 5) is 19.2. The fraction of sp³-hybridized carbons (Fsp3) is 0.318. The third-order valence-electron chi connectivity index (χ3n) is 5.54. The summed E-state index contributed by atoms with van der Waals surface area (Å²) in [5.74, 6) is 0.00426. The van der Waals surface area contributed by atoms with Gasteiger partial charge in [0, 0.05) is 13.1 Å². The van der Waals surface area contributed by atoms with Crippen LogP contribution < -0.4 is 5.32 Å². The van der Waals surface area contributed by atoms with Crippen LogP contribution in [-0.4, -0.2) is 58.6 Å². The maximum Gasteiger partial charge on any atom is 0.242 e. The molecule has 1 saturated heterocycles. The minimum atomic E-state index is -3.03. The van der Waals surface area contributed by atoms with Crippen molar-refractivity contribution in [3.63, 3.8) is 0 Å². The molecule has 0 aliphatic carbocycles. The van der Waals surface area contributed by atoms with E-state index in [-0.39, 0.29) is 23.5 Å². The number of nitrogens with zero attached hydrogens (tertiary/aromatic N) is 4. The first-order chi connectivity index (χ1) is 14.9. The third-order valence-corrected chi connectivity index (χ3v) is 7.15. The number of carbonyl (C=O) groups excluding carboxylic acids is 1. The number of hydrogen-bond acceptors (Lipinski definition) is 6. The fourth-order valence-corrected chi connectivity index (χ4v) is 5.01. The van der Waals surface area contributed by atoms with Gasteiger partial charge in [-0.15, -0.1) is 0 Å². The zero-order valence-corrected chi connectivity index (χ0v) is 18.1. The molecule has 162 valence electrons. The van der Waals surface area contributed by atoms with E-state index in [0.717, 1.165) is 16.8 Å². The molecule has 1 aromatic heterocycles. The van der Waals surface area contributed by atoms with Crippen LogP contribution in [0.25, 0.3) is 5.69 Å². The predicted molar refractivity (Wildman–Crippen MR) is 117 cm³/mol. The highest BCUT2D eigenvalue weighted by Crippen LogP contribution is 2.25. The molecular weight excluding hydrogens is 414 g/mol.